The lowest BCUT2D eigenvalue weighted by Gasteiger charge is -2.26. The van der Waals surface area contributed by atoms with E-state index in [4.69, 9.17) is 0 Å². The SMILES string of the molecule is CCC[C@@]1(c2ccccc2)NC(=O)N(CC(=O)NCC(=O)NCC)C1=O. The summed E-state index contributed by atoms with van der Waals surface area (Å²) in [5, 5.41) is 7.71. The molecule has 3 N–H and O–H groups in total. The lowest BCUT2D eigenvalue weighted by atomic mass is 9.85. The monoisotopic (exact) mass is 360 g/mol. The standard InChI is InChI=1S/C18H24N4O4/c1-3-10-18(13-8-6-5-7-9-13)16(25)22(17(26)21-18)12-15(24)20-11-14(23)19-4-2/h5-9H,3-4,10-12H2,1-2H3,(H,19,23)(H,20,24)(H,21,26)/t18-/m0/s1. The van der Waals surface area contributed by atoms with Gasteiger partial charge in [0, 0.05) is 6.54 Å². The van der Waals surface area contributed by atoms with Crippen LogP contribution in [0.3, 0.4) is 0 Å². The van der Waals surface area contributed by atoms with Crippen LogP contribution in [-0.4, -0.2) is 48.3 Å². The molecule has 8 nitrogen and oxygen atoms in total. The predicted octanol–water partition coefficient (Wildman–Crippen LogP) is 0.486. The van der Waals surface area contributed by atoms with E-state index in [0.29, 0.717) is 24.9 Å². The second-order valence-electron chi connectivity index (χ2n) is 6.07. The van der Waals surface area contributed by atoms with Gasteiger partial charge in [0.05, 0.1) is 6.54 Å². The Morgan fingerprint density at radius 1 is 1.08 bits per heavy atom. The van der Waals surface area contributed by atoms with Crippen LogP contribution in [-0.2, 0) is 19.9 Å². The molecule has 0 aromatic heterocycles. The Morgan fingerprint density at radius 3 is 2.38 bits per heavy atom. The van der Waals surface area contributed by atoms with E-state index in [2.05, 4.69) is 16.0 Å². The van der Waals surface area contributed by atoms with E-state index in [1.165, 1.54) is 0 Å². The number of urea groups is 1. The minimum Gasteiger partial charge on any atom is -0.355 e. The first-order valence-corrected chi connectivity index (χ1v) is 8.67. The maximum Gasteiger partial charge on any atom is 0.325 e. The lowest BCUT2D eigenvalue weighted by Crippen LogP contribution is -2.46. The van der Waals surface area contributed by atoms with Crippen molar-refractivity contribution >= 4 is 23.8 Å². The van der Waals surface area contributed by atoms with E-state index in [-0.39, 0.29) is 12.5 Å². The highest BCUT2D eigenvalue weighted by Crippen LogP contribution is 2.33. The van der Waals surface area contributed by atoms with Crippen molar-refractivity contribution in [3.8, 4) is 0 Å². The van der Waals surface area contributed by atoms with Crippen molar-refractivity contribution in [1.82, 2.24) is 20.9 Å². The van der Waals surface area contributed by atoms with Crippen molar-refractivity contribution in [2.24, 2.45) is 0 Å². The third-order valence-corrected chi connectivity index (χ3v) is 4.19. The molecule has 0 bridgehead atoms. The Balaban J connectivity index is 2.11. The lowest BCUT2D eigenvalue weighted by molar-refractivity contribution is -0.135. The minimum absolute atomic E-state index is 0.199. The van der Waals surface area contributed by atoms with Gasteiger partial charge in [-0.2, -0.15) is 0 Å². The summed E-state index contributed by atoms with van der Waals surface area (Å²) >= 11 is 0. The maximum atomic E-state index is 13.0. The molecule has 1 heterocycles. The maximum absolute atomic E-state index is 13.0. The van der Waals surface area contributed by atoms with Crippen LogP contribution < -0.4 is 16.0 Å². The van der Waals surface area contributed by atoms with Gasteiger partial charge in [-0.25, -0.2) is 4.79 Å². The van der Waals surface area contributed by atoms with Crippen LogP contribution in [0.4, 0.5) is 4.79 Å². The van der Waals surface area contributed by atoms with Gasteiger partial charge in [0.25, 0.3) is 5.91 Å². The Bertz CT molecular complexity index is 692. The predicted molar refractivity (Wildman–Crippen MR) is 95.0 cm³/mol. The summed E-state index contributed by atoms with van der Waals surface area (Å²) in [6, 6.07) is 8.39. The second kappa shape index (κ2) is 8.46. The molecule has 1 atom stereocenters. The Kier molecular flexibility index (Phi) is 6.32. The van der Waals surface area contributed by atoms with E-state index in [1.807, 2.05) is 13.0 Å². The van der Waals surface area contributed by atoms with Gasteiger partial charge in [-0.3, -0.25) is 19.3 Å². The molecule has 2 rings (SSSR count). The number of hydrogen-bond acceptors (Lipinski definition) is 4. The van der Waals surface area contributed by atoms with E-state index in [0.717, 1.165) is 4.90 Å². The number of carbonyl (C=O) groups excluding carboxylic acids is 4. The normalized spacial score (nSPS) is 19.2. The topological polar surface area (TPSA) is 108 Å². The van der Waals surface area contributed by atoms with Crippen molar-refractivity contribution in [2.45, 2.75) is 32.2 Å². The Labute approximate surface area is 152 Å². The first-order chi connectivity index (χ1) is 12.4. The molecule has 0 radical (unpaired) electrons. The van der Waals surface area contributed by atoms with Crippen molar-refractivity contribution in [2.75, 3.05) is 19.6 Å². The number of amides is 5. The third-order valence-electron chi connectivity index (χ3n) is 4.19. The van der Waals surface area contributed by atoms with Gasteiger partial charge >= 0.3 is 6.03 Å². The molecule has 1 aromatic rings. The molecule has 1 aromatic carbocycles. The molecule has 26 heavy (non-hydrogen) atoms. The van der Waals surface area contributed by atoms with Gasteiger partial charge in [-0.1, -0.05) is 43.7 Å². The number of benzene rings is 1. The molecule has 0 spiro atoms. The zero-order chi connectivity index (χ0) is 19.2. The molecule has 1 saturated heterocycles. The zero-order valence-corrected chi connectivity index (χ0v) is 15.0. The van der Waals surface area contributed by atoms with Crippen molar-refractivity contribution in [3.63, 3.8) is 0 Å². The first kappa shape index (κ1) is 19.4. The van der Waals surface area contributed by atoms with Gasteiger partial charge in [0.1, 0.15) is 12.1 Å². The number of likely N-dealkylation sites (N-methyl/N-ethyl adjacent to an activating group) is 1. The van der Waals surface area contributed by atoms with E-state index < -0.39 is 29.9 Å². The van der Waals surface area contributed by atoms with Crippen LogP contribution in [0, 0.1) is 0 Å². The van der Waals surface area contributed by atoms with Crippen molar-refractivity contribution in [3.05, 3.63) is 35.9 Å². The van der Waals surface area contributed by atoms with Crippen LogP contribution in [0.5, 0.6) is 0 Å². The third kappa shape index (κ3) is 4.01. The summed E-state index contributed by atoms with van der Waals surface area (Å²) in [6.45, 7) is 3.52. The van der Waals surface area contributed by atoms with Crippen LogP contribution in [0.1, 0.15) is 32.3 Å². The van der Waals surface area contributed by atoms with E-state index >= 15 is 0 Å². The van der Waals surface area contributed by atoms with E-state index in [9.17, 15) is 19.2 Å². The summed E-state index contributed by atoms with van der Waals surface area (Å²) in [5.74, 6) is -1.36. The van der Waals surface area contributed by atoms with Gasteiger partial charge in [-0.05, 0) is 18.9 Å². The quantitative estimate of drug-likeness (QED) is 0.586. The molecule has 5 amide bonds. The van der Waals surface area contributed by atoms with Crippen LogP contribution in [0.15, 0.2) is 30.3 Å². The minimum atomic E-state index is -1.16. The van der Waals surface area contributed by atoms with Crippen molar-refractivity contribution < 1.29 is 19.2 Å². The van der Waals surface area contributed by atoms with Crippen LogP contribution in [0.2, 0.25) is 0 Å². The number of carbonyl (C=O) groups is 4. The van der Waals surface area contributed by atoms with Crippen LogP contribution >= 0.6 is 0 Å². The highest BCUT2D eigenvalue weighted by atomic mass is 16.2. The van der Waals surface area contributed by atoms with Gasteiger partial charge in [0.15, 0.2) is 0 Å². The fourth-order valence-corrected chi connectivity index (χ4v) is 3.01. The average molecular weight is 360 g/mol. The number of nitrogens with zero attached hydrogens (tertiary/aromatic N) is 1. The number of rotatable bonds is 8. The summed E-state index contributed by atoms with van der Waals surface area (Å²) in [6.07, 6.45) is 1.11. The average Bonchev–Trinajstić information content (AvgIpc) is 2.86. The molecule has 1 fully saturated rings. The molecular weight excluding hydrogens is 336 g/mol. The highest BCUT2D eigenvalue weighted by molar-refractivity contribution is 6.09. The number of imide groups is 1. The van der Waals surface area contributed by atoms with Gasteiger partial charge in [-0.15, -0.1) is 0 Å². The molecule has 1 aliphatic heterocycles. The summed E-state index contributed by atoms with van der Waals surface area (Å²) in [5.41, 5.74) is -0.474. The number of nitrogens with one attached hydrogen (secondary N) is 3. The molecule has 0 aliphatic carbocycles. The van der Waals surface area contributed by atoms with Gasteiger partial charge in [0.2, 0.25) is 11.8 Å². The molecule has 140 valence electrons. The Morgan fingerprint density at radius 2 is 1.77 bits per heavy atom. The zero-order valence-electron chi connectivity index (χ0n) is 15.0. The summed E-state index contributed by atoms with van der Waals surface area (Å²) in [4.78, 5) is 49.7. The van der Waals surface area contributed by atoms with Crippen molar-refractivity contribution in [1.29, 1.82) is 0 Å². The molecule has 1 aliphatic rings. The Hall–Kier alpha value is -2.90. The fourth-order valence-electron chi connectivity index (χ4n) is 3.01. The smallest absolute Gasteiger partial charge is 0.325 e. The molecule has 8 heteroatoms. The largest absolute Gasteiger partial charge is 0.355 e. The highest BCUT2D eigenvalue weighted by Gasteiger charge is 2.52. The number of hydrogen-bond donors (Lipinski definition) is 3. The van der Waals surface area contributed by atoms with Crippen LogP contribution in [0.25, 0.3) is 0 Å². The fraction of sp³-hybridized carbons (Fsp3) is 0.444. The van der Waals surface area contributed by atoms with Gasteiger partial charge < -0.3 is 16.0 Å². The first-order valence-electron chi connectivity index (χ1n) is 8.67. The summed E-state index contributed by atoms with van der Waals surface area (Å²) < 4.78 is 0. The summed E-state index contributed by atoms with van der Waals surface area (Å²) in [7, 11) is 0. The molecular formula is C18H24N4O4. The van der Waals surface area contributed by atoms with E-state index in [1.54, 1.807) is 31.2 Å². The molecule has 0 unspecified atom stereocenters. The second-order valence-corrected chi connectivity index (χ2v) is 6.07. The molecule has 0 saturated carbocycles.